The minimum Gasteiger partial charge on any atom is -0.255 e. The molecule has 1 aliphatic heterocycles. The topological polar surface area (TPSA) is 12.4 Å². The highest BCUT2D eigenvalue weighted by Gasteiger charge is 2.71. The molecule has 0 unspecified atom stereocenters. The fourth-order valence-corrected chi connectivity index (χ4v) is 1.67. The summed E-state index contributed by atoms with van der Waals surface area (Å²) in [6.45, 7) is 0. The Morgan fingerprint density at radius 1 is 0.895 bits per heavy atom. The van der Waals surface area contributed by atoms with Crippen LogP contribution in [0.2, 0.25) is 0 Å². The minimum absolute atomic E-state index is 0.411. The average molecular weight is 289 g/mol. The lowest BCUT2D eigenvalue weighted by atomic mass is 9.99. The van der Waals surface area contributed by atoms with Gasteiger partial charge in [0, 0.05) is 5.22 Å². The first-order chi connectivity index (χ1) is 8.49. The van der Waals surface area contributed by atoms with Gasteiger partial charge in [-0.1, -0.05) is 0 Å². The average Bonchev–Trinajstić information content (AvgIpc) is 2.63. The van der Waals surface area contributed by atoms with E-state index < -0.39 is 46.2 Å². The Balaban J connectivity index is 2.85. The molecule has 0 aliphatic carbocycles. The maximum Gasteiger partial charge on any atom is 0.426 e. The van der Waals surface area contributed by atoms with Gasteiger partial charge in [-0.25, -0.2) is 8.78 Å². The normalized spacial score (nSPS) is 17.7. The molecule has 19 heavy (non-hydrogen) atoms. The maximum atomic E-state index is 13.2. The van der Waals surface area contributed by atoms with E-state index in [1.165, 1.54) is 0 Å². The second kappa shape index (κ2) is 3.67. The Bertz CT molecular complexity index is 625. The SMILES string of the molecule is Fc1ccc2c(c1F)=CC(C(F)(F)F)(C(F)(F)F)N=2. The summed E-state index contributed by atoms with van der Waals surface area (Å²) in [5, 5.41) is -2.04. The van der Waals surface area contributed by atoms with Gasteiger partial charge in [-0.15, -0.1) is 0 Å². The summed E-state index contributed by atoms with van der Waals surface area (Å²) in [5.41, 5.74) is -4.54. The first-order valence-electron chi connectivity index (χ1n) is 4.70. The van der Waals surface area contributed by atoms with E-state index in [1.807, 2.05) is 0 Å². The van der Waals surface area contributed by atoms with Gasteiger partial charge >= 0.3 is 12.4 Å². The zero-order chi connectivity index (χ0) is 14.6. The predicted molar refractivity (Wildman–Crippen MR) is 46.4 cm³/mol. The number of hydrogen-bond donors (Lipinski definition) is 0. The summed E-state index contributed by atoms with van der Waals surface area (Å²) < 4.78 is 102. The Kier molecular flexibility index (Phi) is 2.66. The number of rotatable bonds is 0. The quantitative estimate of drug-likeness (QED) is 0.650. The Morgan fingerprint density at radius 3 is 1.89 bits per heavy atom. The van der Waals surface area contributed by atoms with Crippen molar-refractivity contribution in [3.8, 4) is 0 Å². The number of halogens is 8. The van der Waals surface area contributed by atoms with E-state index in [0.717, 1.165) is 0 Å². The summed E-state index contributed by atoms with van der Waals surface area (Å²) >= 11 is 0. The molecule has 0 radical (unpaired) electrons. The van der Waals surface area contributed by atoms with Gasteiger partial charge in [0.05, 0.1) is 5.36 Å². The molecule has 0 atom stereocenters. The fourth-order valence-electron chi connectivity index (χ4n) is 1.67. The van der Waals surface area contributed by atoms with E-state index in [0.29, 0.717) is 12.1 Å². The van der Waals surface area contributed by atoms with Crippen LogP contribution in [0.5, 0.6) is 0 Å². The number of hydrogen-bond acceptors (Lipinski definition) is 1. The van der Waals surface area contributed by atoms with Gasteiger partial charge in [0.15, 0.2) is 11.6 Å². The van der Waals surface area contributed by atoms with Crippen molar-refractivity contribution in [2.24, 2.45) is 4.99 Å². The largest absolute Gasteiger partial charge is 0.426 e. The highest BCUT2D eigenvalue weighted by molar-refractivity contribution is 5.46. The zero-order valence-corrected chi connectivity index (χ0v) is 8.70. The Hall–Kier alpha value is -1.67. The van der Waals surface area contributed by atoms with Crippen LogP contribution in [0.4, 0.5) is 35.1 Å². The molecule has 0 N–H and O–H groups in total. The summed E-state index contributed by atoms with van der Waals surface area (Å²) in [6.07, 6.45) is -12.1. The van der Waals surface area contributed by atoms with Crippen LogP contribution in [0.1, 0.15) is 0 Å². The molecule has 0 amide bonds. The van der Waals surface area contributed by atoms with Crippen molar-refractivity contribution in [2.45, 2.75) is 17.9 Å². The third-order valence-electron chi connectivity index (χ3n) is 2.62. The summed E-state index contributed by atoms with van der Waals surface area (Å²) in [4.78, 5) is 2.52. The summed E-state index contributed by atoms with van der Waals surface area (Å²) in [7, 11) is 0. The second-order valence-electron chi connectivity index (χ2n) is 3.81. The fraction of sp³-hybridized carbons (Fsp3) is 0.300. The molecule has 9 heteroatoms. The van der Waals surface area contributed by atoms with Crippen LogP contribution >= 0.6 is 0 Å². The summed E-state index contributed by atoms with van der Waals surface area (Å²) in [6, 6.07) is 0.970. The molecule has 0 spiro atoms. The molecule has 1 heterocycles. The Labute approximate surface area is 99.4 Å². The highest BCUT2D eigenvalue weighted by Crippen LogP contribution is 2.47. The van der Waals surface area contributed by atoms with E-state index in [1.54, 1.807) is 0 Å². The van der Waals surface area contributed by atoms with Crippen LogP contribution in [-0.4, -0.2) is 17.9 Å². The molecule has 2 rings (SSSR count). The first-order valence-corrected chi connectivity index (χ1v) is 4.70. The van der Waals surface area contributed by atoms with Gasteiger partial charge in [-0.05, 0) is 18.2 Å². The standard InChI is InChI=1S/C10H3F8N/c11-5-1-2-6-4(7(5)12)3-8(19-6,9(13,14)15)10(16,17)18/h1-3H. The first kappa shape index (κ1) is 13.8. The molecule has 104 valence electrons. The van der Waals surface area contributed by atoms with Gasteiger partial charge < -0.3 is 0 Å². The number of fused-ring (bicyclic) bond motifs is 1. The van der Waals surface area contributed by atoms with Crippen LogP contribution < -0.4 is 10.6 Å². The van der Waals surface area contributed by atoms with E-state index >= 15 is 0 Å². The van der Waals surface area contributed by atoms with E-state index in [4.69, 9.17) is 0 Å². The van der Waals surface area contributed by atoms with Gasteiger partial charge in [-0.3, -0.25) is 4.99 Å². The van der Waals surface area contributed by atoms with Crippen molar-refractivity contribution < 1.29 is 35.1 Å². The van der Waals surface area contributed by atoms with Crippen LogP contribution in [0.15, 0.2) is 17.1 Å². The van der Waals surface area contributed by atoms with Gasteiger partial charge in [0.1, 0.15) is 0 Å². The molecule has 1 aromatic carbocycles. The molecule has 0 fully saturated rings. The molecule has 1 aromatic rings. The molecule has 0 saturated heterocycles. The molecule has 1 aliphatic rings. The lowest BCUT2D eigenvalue weighted by Crippen LogP contribution is -2.53. The lowest BCUT2D eigenvalue weighted by Gasteiger charge is -2.29. The minimum atomic E-state index is -5.81. The Morgan fingerprint density at radius 2 is 1.42 bits per heavy atom. The van der Waals surface area contributed by atoms with Crippen molar-refractivity contribution in [1.82, 2.24) is 0 Å². The third kappa shape index (κ3) is 1.79. The zero-order valence-electron chi connectivity index (χ0n) is 8.70. The van der Waals surface area contributed by atoms with Crippen LogP contribution in [0, 0.1) is 11.6 Å². The number of nitrogens with zero attached hydrogens (tertiary/aromatic N) is 1. The van der Waals surface area contributed by atoms with Gasteiger partial charge in [0.2, 0.25) is 0 Å². The second-order valence-corrected chi connectivity index (χ2v) is 3.81. The molecular formula is C10H3F8N. The molecule has 0 bridgehead atoms. The number of alkyl halides is 6. The lowest BCUT2D eigenvalue weighted by molar-refractivity contribution is -0.272. The highest BCUT2D eigenvalue weighted by atomic mass is 19.4. The maximum absolute atomic E-state index is 13.2. The van der Waals surface area contributed by atoms with Crippen LogP contribution in [0.3, 0.4) is 0 Å². The molecule has 0 aromatic heterocycles. The molecule has 1 nitrogen and oxygen atoms in total. The van der Waals surface area contributed by atoms with Crippen molar-refractivity contribution in [3.05, 3.63) is 34.3 Å². The predicted octanol–water partition coefficient (Wildman–Crippen LogP) is 2.24. The van der Waals surface area contributed by atoms with Crippen LogP contribution in [0.25, 0.3) is 6.08 Å². The van der Waals surface area contributed by atoms with Gasteiger partial charge in [-0.2, -0.15) is 26.3 Å². The van der Waals surface area contributed by atoms with Gasteiger partial charge in [0.25, 0.3) is 5.54 Å². The van der Waals surface area contributed by atoms with Crippen LogP contribution in [-0.2, 0) is 0 Å². The van der Waals surface area contributed by atoms with E-state index in [-0.39, 0.29) is 0 Å². The third-order valence-corrected chi connectivity index (χ3v) is 2.62. The smallest absolute Gasteiger partial charge is 0.255 e. The van der Waals surface area contributed by atoms with Crippen molar-refractivity contribution >= 4 is 6.08 Å². The van der Waals surface area contributed by atoms with Crippen molar-refractivity contribution in [1.29, 1.82) is 0 Å². The van der Waals surface area contributed by atoms with Crippen molar-refractivity contribution in [3.63, 3.8) is 0 Å². The molecular weight excluding hydrogens is 286 g/mol. The van der Waals surface area contributed by atoms with Crippen molar-refractivity contribution in [2.75, 3.05) is 0 Å². The number of benzene rings is 1. The van der Waals surface area contributed by atoms with E-state index in [2.05, 4.69) is 4.99 Å². The van der Waals surface area contributed by atoms with E-state index in [9.17, 15) is 35.1 Å². The molecule has 0 saturated carbocycles. The monoisotopic (exact) mass is 289 g/mol. The summed E-state index contributed by atoms with van der Waals surface area (Å²) in [5.74, 6) is -3.35.